The molecule has 11 nitrogen and oxygen atoms in total. The third kappa shape index (κ3) is 35.0. The number of rotatable bonds is 45. The molecule has 0 aromatic carbocycles. The highest BCUT2D eigenvalue weighted by molar-refractivity contribution is 5.80. The van der Waals surface area contributed by atoms with Gasteiger partial charge in [-0.15, -0.1) is 0 Å². The van der Waals surface area contributed by atoms with Gasteiger partial charge < -0.3 is 45.1 Å². The number of carbonyl (C=O) groups excluding carboxylic acids is 2. The topological polar surface area (TPSA) is 175 Å². The van der Waals surface area contributed by atoms with Crippen molar-refractivity contribution < 1.29 is 49.3 Å². The molecular weight excluding hydrogens is 871 g/mol. The van der Waals surface area contributed by atoms with Crippen molar-refractivity contribution in [2.45, 2.75) is 269 Å². The average Bonchev–Trinajstić information content (AvgIpc) is 3.34. The molecule has 0 bridgehead atoms. The number of esters is 1. The molecule has 398 valence electrons. The van der Waals surface area contributed by atoms with Crippen LogP contribution in [-0.4, -0.2) is 99.6 Å². The number of hydrogen-bond donors (Lipinski definition) is 6. The highest BCUT2D eigenvalue weighted by atomic mass is 16.7. The molecule has 0 spiro atoms. The van der Waals surface area contributed by atoms with E-state index in [1.165, 1.54) is 70.6 Å². The zero-order valence-corrected chi connectivity index (χ0v) is 43.7. The summed E-state index contributed by atoms with van der Waals surface area (Å²) in [5.41, 5.74) is 0. The first-order valence-corrected chi connectivity index (χ1v) is 27.7. The summed E-state index contributed by atoms with van der Waals surface area (Å²) in [5.74, 6) is -1.23. The van der Waals surface area contributed by atoms with Crippen LogP contribution in [0.25, 0.3) is 0 Å². The van der Waals surface area contributed by atoms with Crippen LogP contribution in [0.5, 0.6) is 0 Å². The molecule has 0 saturated carbocycles. The second kappa shape index (κ2) is 46.2. The van der Waals surface area contributed by atoms with Crippen LogP contribution in [0.2, 0.25) is 0 Å². The summed E-state index contributed by atoms with van der Waals surface area (Å²) >= 11 is 0. The maximum absolute atomic E-state index is 13.4. The lowest BCUT2D eigenvalue weighted by Crippen LogP contribution is -2.61. The van der Waals surface area contributed by atoms with E-state index in [2.05, 4.69) is 68.6 Å². The predicted octanol–water partition coefficient (Wildman–Crippen LogP) is 12.1. The molecule has 8 atom stereocenters. The van der Waals surface area contributed by atoms with E-state index in [4.69, 9.17) is 14.2 Å². The Labute approximate surface area is 420 Å². The predicted molar refractivity (Wildman–Crippen MR) is 283 cm³/mol. The van der Waals surface area contributed by atoms with Crippen molar-refractivity contribution in [3.05, 3.63) is 72.9 Å². The summed E-state index contributed by atoms with van der Waals surface area (Å²) in [4.78, 5) is 26.4. The number of aliphatic hydroxyl groups excluding tert-OH is 5. The molecule has 1 fully saturated rings. The average molecular weight is 972 g/mol. The van der Waals surface area contributed by atoms with Gasteiger partial charge in [-0.25, -0.2) is 0 Å². The highest BCUT2D eigenvalue weighted by Gasteiger charge is 2.47. The number of ether oxygens (including phenoxy) is 3. The van der Waals surface area contributed by atoms with Crippen LogP contribution in [-0.2, 0) is 23.8 Å². The molecule has 1 heterocycles. The van der Waals surface area contributed by atoms with Crippen LogP contribution >= 0.6 is 0 Å². The Hall–Kier alpha value is -2.90. The second-order valence-corrected chi connectivity index (χ2v) is 19.0. The quantitative estimate of drug-likeness (QED) is 0.0149. The number of carbonyl (C=O) groups is 2. The summed E-state index contributed by atoms with van der Waals surface area (Å²) in [5, 5.41) is 56.7. The largest absolute Gasteiger partial charge is 0.454 e. The van der Waals surface area contributed by atoms with Crippen molar-refractivity contribution >= 4 is 11.9 Å². The van der Waals surface area contributed by atoms with Gasteiger partial charge in [0.05, 0.1) is 25.4 Å². The van der Waals surface area contributed by atoms with Crippen molar-refractivity contribution in [3.63, 3.8) is 0 Å². The normalized spacial score (nSPS) is 20.4. The van der Waals surface area contributed by atoms with E-state index in [1.54, 1.807) is 6.08 Å². The molecule has 0 aliphatic carbocycles. The van der Waals surface area contributed by atoms with Crippen molar-refractivity contribution in [2.75, 3.05) is 13.2 Å². The summed E-state index contributed by atoms with van der Waals surface area (Å²) in [6.07, 6.45) is 46.6. The van der Waals surface area contributed by atoms with Crippen LogP contribution in [0.15, 0.2) is 72.9 Å². The Bertz CT molecular complexity index is 1390. The molecular formula is C58H101NO10. The molecule has 1 rings (SSSR count). The first-order valence-electron chi connectivity index (χ1n) is 27.7. The summed E-state index contributed by atoms with van der Waals surface area (Å²) in [7, 11) is 0. The Morgan fingerprint density at radius 1 is 0.594 bits per heavy atom. The monoisotopic (exact) mass is 972 g/mol. The smallest absolute Gasteiger partial charge is 0.306 e. The fourth-order valence-electron chi connectivity index (χ4n) is 8.21. The molecule has 6 N–H and O–H groups in total. The lowest BCUT2D eigenvalue weighted by Gasteiger charge is -2.41. The van der Waals surface area contributed by atoms with Crippen LogP contribution in [0.3, 0.4) is 0 Å². The Balaban J connectivity index is 2.76. The van der Waals surface area contributed by atoms with E-state index in [1.807, 2.05) is 24.3 Å². The summed E-state index contributed by atoms with van der Waals surface area (Å²) < 4.78 is 17.5. The van der Waals surface area contributed by atoms with Gasteiger partial charge in [0, 0.05) is 6.42 Å². The lowest BCUT2D eigenvalue weighted by atomic mass is 9.99. The molecule has 69 heavy (non-hydrogen) atoms. The molecule has 11 heteroatoms. The van der Waals surface area contributed by atoms with Gasteiger partial charge in [0.25, 0.3) is 0 Å². The maximum atomic E-state index is 13.4. The first-order chi connectivity index (χ1) is 33.7. The summed E-state index contributed by atoms with van der Waals surface area (Å²) in [6, 6.07) is -1.03. The maximum Gasteiger partial charge on any atom is 0.306 e. The van der Waals surface area contributed by atoms with E-state index in [-0.39, 0.29) is 19.4 Å². The Morgan fingerprint density at radius 3 is 1.70 bits per heavy atom. The zero-order valence-electron chi connectivity index (χ0n) is 43.7. The molecule has 1 aliphatic heterocycles. The SMILES string of the molecule is CC/C=C/C=C/C=C\CCCCCCCC(=O)OC1C(OCC(NC(=O)C(O)CCCCCCCC/C=C\C/C=C\CCCCC)C(O)/C=C/CCCCCCCCCCC)OC(CO)C(O)C1O. The Kier molecular flexibility index (Phi) is 42.9. The minimum Gasteiger partial charge on any atom is -0.454 e. The van der Waals surface area contributed by atoms with Gasteiger partial charge in [-0.3, -0.25) is 9.59 Å². The Morgan fingerprint density at radius 2 is 1.10 bits per heavy atom. The van der Waals surface area contributed by atoms with Gasteiger partial charge >= 0.3 is 5.97 Å². The number of unbranched alkanes of at least 4 members (excludes halogenated alkanes) is 23. The first kappa shape index (κ1) is 64.1. The van der Waals surface area contributed by atoms with Gasteiger partial charge in [-0.1, -0.05) is 209 Å². The third-order valence-corrected chi connectivity index (χ3v) is 12.7. The van der Waals surface area contributed by atoms with Gasteiger partial charge in [-0.05, 0) is 77.0 Å². The minimum absolute atomic E-state index is 0.0969. The van der Waals surface area contributed by atoms with Crippen LogP contribution in [0.4, 0.5) is 0 Å². The van der Waals surface area contributed by atoms with Crippen LogP contribution in [0.1, 0.15) is 220 Å². The highest BCUT2D eigenvalue weighted by Crippen LogP contribution is 2.26. The standard InChI is InChI=1S/C58H101NO10/c1-4-7-10-13-16-19-22-24-25-26-28-30-33-36-39-42-45-51(62)57(66)59-49(50(61)44-41-38-35-32-29-21-18-15-12-9-6-3)48-67-58-56(55(65)54(64)52(47-60)68-58)69-53(63)46-43-40-37-34-31-27-23-20-17-14-11-8-5-2/h8,11,14,16-17,19-20,23-25,41,44,49-52,54-56,58,60-62,64-65H,4-7,9-10,12-13,15,18,21-22,26-40,42-43,45-48H2,1-3H3,(H,59,66)/b11-8+,17-14+,19-16-,23-20-,25-24-,44-41+. The number of nitrogens with one attached hydrogen (secondary N) is 1. The van der Waals surface area contributed by atoms with E-state index in [0.717, 1.165) is 103 Å². The molecule has 0 aromatic heterocycles. The third-order valence-electron chi connectivity index (χ3n) is 12.7. The molecule has 8 unspecified atom stereocenters. The van der Waals surface area contributed by atoms with Crippen LogP contribution in [0, 0.1) is 0 Å². The van der Waals surface area contributed by atoms with E-state index >= 15 is 0 Å². The molecule has 1 saturated heterocycles. The van der Waals surface area contributed by atoms with Gasteiger partial charge in [0.15, 0.2) is 12.4 Å². The van der Waals surface area contributed by atoms with Crippen molar-refractivity contribution in [1.82, 2.24) is 5.32 Å². The fourth-order valence-corrected chi connectivity index (χ4v) is 8.21. The molecule has 0 aromatic rings. The van der Waals surface area contributed by atoms with Crippen molar-refractivity contribution in [2.24, 2.45) is 0 Å². The number of hydrogen-bond acceptors (Lipinski definition) is 10. The molecule has 1 amide bonds. The number of aliphatic hydroxyl groups is 5. The van der Waals surface area contributed by atoms with E-state index < -0.39 is 67.4 Å². The number of amides is 1. The van der Waals surface area contributed by atoms with Gasteiger partial charge in [-0.2, -0.15) is 0 Å². The second-order valence-electron chi connectivity index (χ2n) is 19.0. The van der Waals surface area contributed by atoms with Crippen molar-refractivity contribution in [1.29, 1.82) is 0 Å². The number of allylic oxidation sites excluding steroid dienone is 11. The van der Waals surface area contributed by atoms with Gasteiger partial charge in [0.1, 0.15) is 24.4 Å². The minimum atomic E-state index is -1.62. The fraction of sp³-hybridized carbons (Fsp3) is 0.759. The lowest BCUT2D eigenvalue weighted by molar-refractivity contribution is -0.305. The van der Waals surface area contributed by atoms with E-state index in [0.29, 0.717) is 12.8 Å². The zero-order chi connectivity index (χ0) is 50.4. The molecule has 0 radical (unpaired) electrons. The summed E-state index contributed by atoms with van der Waals surface area (Å²) in [6.45, 7) is 5.58. The molecule has 1 aliphatic rings. The van der Waals surface area contributed by atoms with Crippen molar-refractivity contribution in [3.8, 4) is 0 Å². The van der Waals surface area contributed by atoms with Gasteiger partial charge in [0.2, 0.25) is 5.91 Å². The van der Waals surface area contributed by atoms with Crippen LogP contribution < -0.4 is 5.32 Å². The van der Waals surface area contributed by atoms with E-state index in [9.17, 15) is 35.1 Å².